The number of rotatable bonds is 0. The Morgan fingerprint density at radius 2 is 1.94 bits per heavy atom. The summed E-state index contributed by atoms with van der Waals surface area (Å²) in [5.41, 5.74) is 2.94. The van der Waals surface area contributed by atoms with Crippen LogP contribution < -0.4 is 0 Å². The highest BCUT2D eigenvalue weighted by molar-refractivity contribution is 5.39. The summed E-state index contributed by atoms with van der Waals surface area (Å²) in [5.74, 6) is 2.07. The van der Waals surface area contributed by atoms with Crippen molar-refractivity contribution in [1.29, 1.82) is 0 Å². The zero-order valence-corrected chi connectivity index (χ0v) is 9.78. The van der Waals surface area contributed by atoms with Crippen LogP contribution in [-0.4, -0.2) is 5.11 Å². The van der Waals surface area contributed by atoms with E-state index in [1.54, 1.807) is 0 Å². The third-order valence-corrected chi connectivity index (χ3v) is 4.36. The Morgan fingerprint density at radius 3 is 2.88 bits per heavy atom. The molecule has 1 heteroatoms. The van der Waals surface area contributed by atoms with E-state index in [1.165, 1.54) is 56.1 Å². The lowest BCUT2D eigenvalue weighted by Gasteiger charge is -2.33. The van der Waals surface area contributed by atoms with Gasteiger partial charge in [0.15, 0.2) is 0 Å². The molecule has 1 aromatic rings. The second-order valence-electron chi connectivity index (χ2n) is 5.52. The standard InChI is InChI=1S/C15H20O/c16-14-7-6-13-9-11-4-2-1-3-5-12(8-11)15(13)10-14/h6-7,10-12,16H,1-5,8-9H2/t11-,12+/m1/s1. The van der Waals surface area contributed by atoms with Crippen LogP contribution in [0.4, 0.5) is 0 Å². The lowest BCUT2D eigenvalue weighted by Crippen LogP contribution is -2.20. The van der Waals surface area contributed by atoms with Gasteiger partial charge < -0.3 is 5.11 Å². The zero-order valence-electron chi connectivity index (χ0n) is 9.78. The first-order valence-corrected chi connectivity index (χ1v) is 6.65. The van der Waals surface area contributed by atoms with Gasteiger partial charge in [0.2, 0.25) is 0 Å². The highest BCUT2D eigenvalue weighted by Crippen LogP contribution is 2.42. The van der Waals surface area contributed by atoms with Crippen LogP contribution in [0, 0.1) is 5.92 Å². The van der Waals surface area contributed by atoms with Crippen LogP contribution >= 0.6 is 0 Å². The number of phenolic OH excluding ortho intramolecular Hbond substituents is 1. The molecule has 2 atom stereocenters. The van der Waals surface area contributed by atoms with Crippen LogP contribution in [0.3, 0.4) is 0 Å². The summed E-state index contributed by atoms with van der Waals surface area (Å²) in [6.45, 7) is 0. The maximum atomic E-state index is 9.61. The van der Waals surface area contributed by atoms with E-state index in [9.17, 15) is 5.11 Å². The molecule has 0 unspecified atom stereocenters. The van der Waals surface area contributed by atoms with Gasteiger partial charge in [0.1, 0.15) is 5.75 Å². The summed E-state index contributed by atoms with van der Waals surface area (Å²) in [5, 5.41) is 9.61. The van der Waals surface area contributed by atoms with E-state index >= 15 is 0 Å². The molecule has 0 aromatic heterocycles. The van der Waals surface area contributed by atoms with Crippen LogP contribution in [0.25, 0.3) is 0 Å². The normalized spacial score (nSPS) is 29.0. The topological polar surface area (TPSA) is 20.2 Å². The van der Waals surface area contributed by atoms with Crippen LogP contribution in [0.1, 0.15) is 55.6 Å². The molecule has 1 aromatic carbocycles. The van der Waals surface area contributed by atoms with E-state index in [4.69, 9.17) is 0 Å². The van der Waals surface area contributed by atoms with Crippen molar-refractivity contribution < 1.29 is 5.11 Å². The first-order chi connectivity index (χ1) is 7.83. The van der Waals surface area contributed by atoms with Gasteiger partial charge in [-0.25, -0.2) is 0 Å². The summed E-state index contributed by atoms with van der Waals surface area (Å²) in [7, 11) is 0. The molecule has 2 aliphatic rings. The number of hydrogen-bond acceptors (Lipinski definition) is 1. The van der Waals surface area contributed by atoms with Crippen molar-refractivity contribution in [1.82, 2.24) is 0 Å². The van der Waals surface area contributed by atoms with Gasteiger partial charge in [0, 0.05) is 0 Å². The average Bonchev–Trinajstić information content (AvgIpc) is 2.26. The maximum Gasteiger partial charge on any atom is 0.115 e. The van der Waals surface area contributed by atoms with E-state index in [2.05, 4.69) is 6.07 Å². The first-order valence-electron chi connectivity index (χ1n) is 6.65. The molecule has 0 spiro atoms. The molecule has 2 bridgehead atoms. The number of aromatic hydroxyl groups is 1. The number of fused-ring (bicyclic) bond motifs is 4. The highest BCUT2D eigenvalue weighted by atomic mass is 16.3. The smallest absolute Gasteiger partial charge is 0.115 e. The molecular formula is C15H20O. The Kier molecular flexibility index (Phi) is 2.62. The molecule has 1 saturated carbocycles. The van der Waals surface area contributed by atoms with E-state index in [1.807, 2.05) is 12.1 Å². The quantitative estimate of drug-likeness (QED) is 0.695. The van der Waals surface area contributed by atoms with Crippen LogP contribution in [0.5, 0.6) is 5.75 Å². The second kappa shape index (κ2) is 4.12. The molecule has 1 nitrogen and oxygen atoms in total. The van der Waals surface area contributed by atoms with Gasteiger partial charge in [-0.3, -0.25) is 0 Å². The molecule has 0 amide bonds. The van der Waals surface area contributed by atoms with Crippen molar-refractivity contribution in [3.8, 4) is 5.75 Å². The third kappa shape index (κ3) is 1.83. The Labute approximate surface area is 97.5 Å². The first kappa shape index (κ1) is 10.2. The Hall–Kier alpha value is -0.980. The van der Waals surface area contributed by atoms with E-state index in [-0.39, 0.29) is 0 Å². The molecular weight excluding hydrogens is 196 g/mol. The SMILES string of the molecule is Oc1ccc2c(c1)[C@H]1CCCCC[C@@H](C2)C1. The molecule has 0 radical (unpaired) electrons. The molecule has 16 heavy (non-hydrogen) atoms. The number of benzene rings is 1. The Balaban J connectivity index is 1.97. The van der Waals surface area contributed by atoms with Crippen molar-refractivity contribution in [2.45, 2.75) is 50.9 Å². The summed E-state index contributed by atoms with van der Waals surface area (Å²) < 4.78 is 0. The van der Waals surface area contributed by atoms with Crippen LogP contribution in [0.15, 0.2) is 18.2 Å². The van der Waals surface area contributed by atoms with E-state index < -0.39 is 0 Å². The van der Waals surface area contributed by atoms with Gasteiger partial charge in [-0.15, -0.1) is 0 Å². The fraction of sp³-hybridized carbons (Fsp3) is 0.600. The van der Waals surface area contributed by atoms with Crippen molar-refractivity contribution in [3.63, 3.8) is 0 Å². The van der Waals surface area contributed by atoms with Crippen molar-refractivity contribution >= 4 is 0 Å². The Morgan fingerprint density at radius 1 is 1.06 bits per heavy atom. The second-order valence-corrected chi connectivity index (χ2v) is 5.52. The predicted octanol–water partition coefficient (Wildman–Crippen LogP) is 4.00. The maximum absolute atomic E-state index is 9.61. The third-order valence-electron chi connectivity index (χ3n) is 4.36. The summed E-state index contributed by atoms with van der Waals surface area (Å²) in [6, 6.07) is 6.01. The predicted molar refractivity (Wildman–Crippen MR) is 65.7 cm³/mol. The fourth-order valence-electron chi connectivity index (χ4n) is 3.57. The van der Waals surface area contributed by atoms with Crippen molar-refractivity contribution in [2.75, 3.05) is 0 Å². The lowest BCUT2D eigenvalue weighted by molar-refractivity contribution is 0.324. The van der Waals surface area contributed by atoms with Crippen molar-refractivity contribution in [3.05, 3.63) is 29.3 Å². The van der Waals surface area contributed by atoms with Crippen LogP contribution in [0.2, 0.25) is 0 Å². The molecule has 2 aliphatic carbocycles. The molecule has 0 aliphatic heterocycles. The van der Waals surface area contributed by atoms with Gasteiger partial charge in [-0.2, -0.15) is 0 Å². The summed E-state index contributed by atoms with van der Waals surface area (Å²) in [4.78, 5) is 0. The molecule has 3 rings (SSSR count). The lowest BCUT2D eigenvalue weighted by atomic mass is 9.72. The summed E-state index contributed by atoms with van der Waals surface area (Å²) in [6.07, 6.45) is 9.53. The fourth-order valence-corrected chi connectivity index (χ4v) is 3.57. The monoisotopic (exact) mass is 216 g/mol. The number of phenols is 1. The van der Waals surface area contributed by atoms with Gasteiger partial charge >= 0.3 is 0 Å². The van der Waals surface area contributed by atoms with Gasteiger partial charge in [-0.1, -0.05) is 31.7 Å². The van der Waals surface area contributed by atoms with Gasteiger partial charge in [0.05, 0.1) is 0 Å². The zero-order chi connectivity index (χ0) is 11.0. The number of hydrogen-bond donors (Lipinski definition) is 1. The van der Waals surface area contributed by atoms with Crippen LogP contribution in [-0.2, 0) is 6.42 Å². The largest absolute Gasteiger partial charge is 0.508 e. The highest BCUT2D eigenvalue weighted by Gasteiger charge is 2.27. The molecule has 0 heterocycles. The average molecular weight is 216 g/mol. The minimum atomic E-state index is 0.444. The molecule has 1 fully saturated rings. The minimum Gasteiger partial charge on any atom is -0.508 e. The molecule has 86 valence electrons. The van der Waals surface area contributed by atoms with Gasteiger partial charge in [-0.05, 0) is 54.4 Å². The van der Waals surface area contributed by atoms with Crippen molar-refractivity contribution in [2.24, 2.45) is 5.92 Å². The van der Waals surface area contributed by atoms with Gasteiger partial charge in [0.25, 0.3) is 0 Å². The Bertz CT molecular complexity index is 383. The van der Waals surface area contributed by atoms with E-state index in [0.717, 1.165) is 11.8 Å². The molecule has 1 N–H and O–H groups in total. The van der Waals surface area contributed by atoms with E-state index in [0.29, 0.717) is 5.75 Å². The molecule has 0 saturated heterocycles. The summed E-state index contributed by atoms with van der Waals surface area (Å²) >= 11 is 0. The minimum absolute atomic E-state index is 0.444.